The van der Waals surface area contributed by atoms with Crippen LogP contribution in [0.2, 0.25) is 0 Å². The van der Waals surface area contributed by atoms with Crippen LogP contribution in [0.5, 0.6) is 0 Å². The van der Waals surface area contributed by atoms with Gasteiger partial charge in [0, 0.05) is 50.7 Å². The Morgan fingerprint density at radius 2 is 0.790 bits per heavy atom. The van der Waals surface area contributed by atoms with E-state index in [2.05, 4.69) is 234 Å². The van der Waals surface area contributed by atoms with Crippen molar-refractivity contribution >= 4 is 66.8 Å². The summed E-state index contributed by atoms with van der Waals surface area (Å²) < 4.78 is 6.54. The Kier molecular flexibility index (Phi) is 7.52. The normalized spacial score (nSPS) is 14.5. The van der Waals surface area contributed by atoms with E-state index in [1.807, 2.05) is 6.07 Å². The lowest BCUT2D eigenvalue weighted by Crippen LogP contribution is -2.26. The first-order valence-corrected chi connectivity index (χ1v) is 21.3. The molecule has 1 heterocycles. The maximum atomic E-state index is 6.54. The van der Waals surface area contributed by atoms with Crippen molar-refractivity contribution in [1.29, 1.82) is 0 Å². The van der Waals surface area contributed by atoms with E-state index >= 15 is 0 Å². The molecule has 290 valence electrons. The molecular weight excluding hydrogens is 753 g/mol. The van der Waals surface area contributed by atoms with E-state index in [0.29, 0.717) is 0 Å². The molecule has 1 unspecified atom stereocenters. The highest BCUT2D eigenvalue weighted by Gasteiger charge is 2.52. The van der Waals surface area contributed by atoms with Gasteiger partial charge in [-0.15, -0.1) is 0 Å². The summed E-state index contributed by atoms with van der Waals surface area (Å²) in [7, 11) is 0. The van der Waals surface area contributed by atoms with Crippen LogP contribution in [-0.2, 0) is 5.41 Å². The molecule has 1 aromatic heterocycles. The van der Waals surface area contributed by atoms with E-state index < -0.39 is 5.41 Å². The van der Waals surface area contributed by atoms with Gasteiger partial charge >= 0.3 is 0 Å². The molecule has 0 saturated carbocycles. The van der Waals surface area contributed by atoms with Crippen molar-refractivity contribution in [2.24, 2.45) is 0 Å². The van der Waals surface area contributed by atoms with Gasteiger partial charge < -0.3 is 14.2 Å². The monoisotopic (exact) mass is 790 g/mol. The summed E-state index contributed by atoms with van der Waals surface area (Å²) in [5.74, 6) is 0. The van der Waals surface area contributed by atoms with Crippen molar-refractivity contribution in [2.75, 3.05) is 9.80 Å². The third-order valence-corrected chi connectivity index (χ3v) is 13.2. The Balaban J connectivity index is 1.12. The first-order chi connectivity index (χ1) is 30.8. The summed E-state index contributed by atoms with van der Waals surface area (Å²) in [6, 6.07) is 84.1. The molecule has 1 spiro atoms. The molecule has 0 N–H and O–H groups in total. The van der Waals surface area contributed by atoms with Crippen LogP contribution in [0, 0.1) is 0 Å². The highest BCUT2D eigenvalue weighted by atomic mass is 16.3. The smallest absolute Gasteiger partial charge is 0.137 e. The van der Waals surface area contributed by atoms with Gasteiger partial charge in [-0.3, -0.25) is 0 Å². The van der Waals surface area contributed by atoms with E-state index in [1.165, 1.54) is 55.3 Å². The van der Waals surface area contributed by atoms with E-state index in [-0.39, 0.29) is 0 Å². The Hall–Kier alpha value is -8.14. The molecule has 1 atom stereocenters. The summed E-state index contributed by atoms with van der Waals surface area (Å²) in [5.41, 5.74) is 18.0. The van der Waals surface area contributed by atoms with E-state index in [1.54, 1.807) is 0 Å². The predicted octanol–water partition coefficient (Wildman–Crippen LogP) is 16.0. The molecule has 0 saturated heterocycles. The number of anilines is 6. The topological polar surface area (TPSA) is 19.6 Å². The Morgan fingerprint density at radius 3 is 1.50 bits per heavy atom. The number of benzene rings is 10. The van der Waals surface area contributed by atoms with Crippen molar-refractivity contribution in [3.63, 3.8) is 0 Å². The van der Waals surface area contributed by atoms with Crippen LogP contribution in [-0.4, -0.2) is 0 Å². The van der Waals surface area contributed by atoms with E-state index in [0.717, 1.165) is 56.1 Å². The number of hydrogen-bond acceptors (Lipinski definition) is 3. The summed E-state index contributed by atoms with van der Waals surface area (Å²) in [6.45, 7) is 0. The maximum Gasteiger partial charge on any atom is 0.137 e. The van der Waals surface area contributed by atoms with Crippen molar-refractivity contribution < 1.29 is 4.42 Å². The van der Waals surface area contributed by atoms with Crippen molar-refractivity contribution in [1.82, 2.24) is 0 Å². The number of furan rings is 1. The lowest BCUT2D eigenvalue weighted by Gasteiger charge is -2.34. The molecule has 2 aliphatic rings. The minimum absolute atomic E-state index is 0.600. The minimum Gasteiger partial charge on any atom is -0.456 e. The van der Waals surface area contributed by atoms with Gasteiger partial charge in [0.2, 0.25) is 0 Å². The fourth-order valence-corrected chi connectivity index (χ4v) is 10.7. The highest BCUT2D eigenvalue weighted by molar-refractivity contribution is 6.13. The SMILES string of the molecule is c1ccc(N(c2ccccc2)c2ccc3c(c2)C2(c4ccccc4-3)c3ccccc3-c3c2cc(N(c2ccccc2)c2ccc4c(c2)oc2ccccc24)c2ccccc32)cc1. The highest BCUT2D eigenvalue weighted by Crippen LogP contribution is 2.65. The van der Waals surface area contributed by atoms with Crippen LogP contribution < -0.4 is 9.80 Å². The number of para-hydroxylation sites is 4. The van der Waals surface area contributed by atoms with Gasteiger partial charge in [-0.2, -0.15) is 0 Å². The molecular formula is C59H38N2O. The van der Waals surface area contributed by atoms with Crippen LogP contribution in [0.1, 0.15) is 22.3 Å². The Labute approximate surface area is 360 Å². The molecule has 11 aromatic rings. The average molecular weight is 791 g/mol. The molecule has 62 heavy (non-hydrogen) atoms. The summed E-state index contributed by atoms with van der Waals surface area (Å²) in [5, 5.41) is 4.65. The summed E-state index contributed by atoms with van der Waals surface area (Å²) >= 11 is 0. The first kappa shape index (κ1) is 34.7. The molecule has 3 nitrogen and oxygen atoms in total. The van der Waals surface area contributed by atoms with Crippen molar-refractivity contribution in [3.8, 4) is 22.3 Å². The molecule has 0 radical (unpaired) electrons. The molecule has 0 aliphatic heterocycles. The Morgan fingerprint density at radius 1 is 0.290 bits per heavy atom. The number of nitrogens with zero attached hydrogens (tertiary/aromatic N) is 2. The number of hydrogen-bond donors (Lipinski definition) is 0. The van der Waals surface area contributed by atoms with Gasteiger partial charge in [-0.25, -0.2) is 0 Å². The number of rotatable bonds is 6. The zero-order valence-corrected chi connectivity index (χ0v) is 33.7. The number of fused-ring (bicyclic) bond motifs is 15. The van der Waals surface area contributed by atoms with Crippen LogP contribution in [0.4, 0.5) is 34.1 Å². The second-order valence-electron chi connectivity index (χ2n) is 16.4. The second kappa shape index (κ2) is 13.4. The largest absolute Gasteiger partial charge is 0.456 e. The quantitative estimate of drug-likeness (QED) is 0.167. The lowest BCUT2D eigenvalue weighted by molar-refractivity contribution is 0.669. The van der Waals surface area contributed by atoms with Crippen LogP contribution in [0.25, 0.3) is 55.0 Å². The third kappa shape index (κ3) is 4.88. The third-order valence-electron chi connectivity index (χ3n) is 13.2. The fraction of sp³-hybridized carbons (Fsp3) is 0.0169. The molecule has 2 aliphatic carbocycles. The molecule has 3 heteroatoms. The van der Waals surface area contributed by atoms with Gasteiger partial charge in [-0.1, -0.05) is 152 Å². The molecule has 10 aromatic carbocycles. The zero-order chi connectivity index (χ0) is 40.8. The van der Waals surface area contributed by atoms with Crippen LogP contribution in [0.3, 0.4) is 0 Å². The van der Waals surface area contributed by atoms with Crippen molar-refractivity contribution in [2.45, 2.75) is 5.41 Å². The minimum atomic E-state index is -0.600. The van der Waals surface area contributed by atoms with E-state index in [9.17, 15) is 0 Å². The second-order valence-corrected chi connectivity index (χ2v) is 16.4. The zero-order valence-electron chi connectivity index (χ0n) is 33.7. The van der Waals surface area contributed by atoms with Crippen molar-refractivity contribution in [3.05, 3.63) is 253 Å². The standard InChI is InChI=1S/C59H38N2O/c1-4-18-39(19-5-1)60(40-20-6-2-7-21-40)42-32-34-45-44-24-12-15-29-51(44)59(53(45)36-42)52-30-16-13-28-50(52)58-49-27-11-10-25-46(49)55(38-54(58)59)61(41-22-8-3-9-23-41)43-33-35-48-47-26-14-17-31-56(47)62-57(48)37-43/h1-38H. The average Bonchev–Trinajstić information content (AvgIpc) is 3.96. The fourth-order valence-electron chi connectivity index (χ4n) is 10.7. The summed E-state index contributed by atoms with van der Waals surface area (Å²) in [6.07, 6.45) is 0. The van der Waals surface area contributed by atoms with Crippen LogP contribution >= 0.6 is 0 Å². The predicted molar refractivity (Wildman–Crippen MR) is 257 cm³/mol. The van der Waals surface area contributed by atoms with Gasteiger partial charge in [0.25, 0.3) is 0 Å². The van der Waals surface area contributed by atoms with Crippen LogP contribution in [0.15, 0.2) is 235 Å². The molecule has 0 bridgehead atoms. The lowest BCUT2D eigenvalue weighted by atomic mass is 9.70. The van der Waals surface area contributed by atoms with Gasteiger partial charge in [0.1, 0.15) is 11.2 Å². The molecule has 0 fully saturated rings. The maximum absolute atomic E-state index is 6.54. The molecule has 0 amide bonds. The van der Waals surface area contributed by atoms with E-state index in [4.69, 9.17) is 4.42 Å². The Bertz CT molecular complexity index is 3500. The van der Waals surface area contributed by atoms with Gasteiger partial charge in [-0.05, 0) is 123 Å². The van der Waals surface area contributed by atoms with Gasteiger partial charge in [0.15, 0.2) is 0 Å². The van der Waals surface area contributed by atoms with Gasteiger partial charge in [0.05, 0.1) is 11.1 Å². The first-order valence-electron chi connectivity index (χ1n) is 21.3. The summed E-state index contributed by atoms with van der Waals surface area (Å²) in [4.78, 5) is 4.81. The molecule has 13 rings (SSSR count).